The normalized spacial score (nSPS) is 12.8. The molecule has 0 spiro atoms. The van der Waals surface area contributed by atoms with Crippen LogP contribution in [-0.4, -0.2) is 31.7 Å². The van der Waals surface area contributed by atoms with E-state index in [9.17, 15) is 13.2 Å². The summed E-state index contributed by atoms with van der Waals surface area (Å²) in [5, 5.41) is 2.94. The maximum absolute atomic E-state index is 12.8. The fourth-order valence-corrected chi connectivity index (χ4v) is 4.61. The van der Waals surface area contributed by atoms with E-state index in [2.05, 4.69) is 24.4 Å². The summed E-state index contributed by atoms with van der Waals surface area (Å²) in [6.45, 7) is 11.7. The molecule has 0 aliphatic rings. The summed E-state index contributed by atoms with van der Waals surface area (Å²) in [5.41, 5.74) is 5.51. The third-order valence-electron chi connectivity index (χ3n) is 5.06. The molecule has 1 amide bonds. The first-order valence-corrected chi connectivity index (χ1v) is 10.9. The lowest BCUT2D eigenvalue weighted by atomic mass is 9.96. The van der Waals surface area contributed by atoms with E-state index in [0.29, 0.717) is 0 Å². The minimum absolute atomic E-state index is 0.200. The lowest BCUT2D eigenvalue weighted by molar-refractivity contribution is -0.121. The van der Waals surface area contributed by atoms with Crippen molar-refractivity contribution in [2.75, 3.05) is 13.1 Å². The summed E-state index contributed by atoms with van der Waals surface area (Å²) in [6, 6.07) is 10.6. The number of sulfonamides is 1. The molecule has 0 unspecified atom stereocenters. The second kappa shape index (κ2) is 8.88. The molecule has 2 aromatic rings. The summed E-state index contributed by atoms with van der Waals surface area (Å²) < 4.78 is 26.9. The molecule has 0 heterocycles. The average molecular weight is 403 g/mol. The van der Waals surface area contributed by atoms with Crippen molar-refractivity contribution in [2.45, 2.75) is 52.5 Å². The van der Waals surface area contributed by atoms with Crippen molar-refractivity contribution in [1.82, 2.24) is 9.62 Å². The Bertz CT molecular complexity index is 950. The largest absolute Gasteiger partial charge is 0.348 e. The first-order chi connectivity index (χ1) is 13.1. The number of hydrogen-bond acceptors (Lipinski definition) is 3. The molecule has 2 rings (SSSR count). The molecule has 0 bridgehead atoms. The quantitative estimate of drug-likeness (QED) is 0.766. The molecule has 6 heteroatoms. The van der Waals surface area contributed by atoms with Crippen LogP contribution in [0.25, 0.3) is 0 Å². The number of amides is 1. The molecule has 0 aromatic heterocycles. The van der Waals surface area contributed by atoms with Gasteiger partial charge < -0.3 is 5.32 Å². The van der Waals surface area contributed by atoms with Crippen molar-refractivity contribution >= 4 is 15.9 Å². The van der Waals surface area contributed by atoms with Crippen LogP contribution < -0.4 is 5.32 Å². The van der Waals surface area contributed by atoms with E-state index in [0.717, 1.165) is 16.7 Å². The zero-order chi connectivity index (χ0) is 21.1. The number of nitrogens with zero attached hydrogens (tertiary/aromatic N) is 1. The van der Waals surface area contributed by atoms with Crippen LogP contribution in [0.15, 0.2) is 41.3 Å². The fourth-order valence-electron chi connectivity index (χ4n) is 3.20. The van der Waals surface area contributed by atoms with Gasteiger partial charge in [-0.1, -0.05) is 36.8 Å². The molecule has 0 saturated carbocycles. The van der Waals surface area contributed by atoms with E-state index in [1.165, 1.54) is 15.4 Å². The summed E-state index contributed by atoms with van der Waals surface area (Å²) in [7, 11) is -3.71. The lowest BCUT2D eigenvalue weighted by Crippen LogP contribution is -2.41. The van der Waals surface area contributed by atoms with E-state index in [4.69, 9.17) is 0 Å². The minimum atomic E-state index is -3.71. The molecule has 0 saturated heterocycles. The Kier molecular flexibility index (Phi) is 7.01. The van der Waals surface area contributed by atoms with Gasteiger partial charge >= 0.3 is 0 Å². The number of nitrogens with one attached hydrogen (secondary N) is 1. The smallest absolute Gasteiger partial charge is 0.243 e. The van der Waals surface area contributed by atoms with Gasteiger partial charge in [-0.15, -0.1) is 0 Å². The Hall–Kier alpha value is -2.18. The van der Waals surface area contributed by atoms with Crippen LogP contribution >= 0.6 is 0 Å². The van der Waals surface area contributed by atoms with E-state index in [1.807, 2.05) is 27.7 Å². The molecule has 5 nitrogen and oxygen atoms in total. The highest BCUT2D eigenvalue weighted by molar-refractivity contribution is 7.89. The first-order valence-electron chi connectivity index (χ1n) is 9.50. The highest BCUT2D eigenvalue weighted by atomic mass is 32.2. The molecule has 28 heavy (non-hydrogen) atoms. The Labute approximate surface area is 168 Å². The number of carbonyl (C=O) groups is 1. The summed E-state index contributed by atoms with van der Waals surface area (Å²) in [5.74, 6) is -0.317. The Morgan fingerprint density at radius 1 is 1.00 bits per heavy atom. The molecule has 1 atom stereocenters. The molecule has 0 aliphatic carbocycles. The SMILES string of the molecule is CCN(CC(=O)N[C@@H](C)c1cc(C)c(C)cc1C)S(=O)(=O)c1ccc(C)cc1. The number of benzene rings is 2. The van der Waals surface area contributed by atoms with Gasteiger partial charge in [0.2, 0.25) is 15.9 Å². The maximum atomic E-state index is 12.8. The number of rotatable bonds is 7. The molecular formula is C22H30N2O3S. The molecular weight excluding hydrogens is 372 g/mol. The molecule has 0 fully saturated rings. The predicted molar refractivity (Wildman–Crippen MR) is 113 cm³/mol. The van der Waals surface area contributed by atoms with Crippen LogP contribution in [0.3, 0.4) is 0 Å². The van der Waals surface area contributed by atoms with Crippen LogP contribution in [-0.2, 0) is 14.8 Å². The van der Waals surface area contributed by atoms with Gasteiger partial charge in [-0.2, -0.15) is 4.31 Å². The van der Waals surface area contributed by atoms with Gasteiger partial charge in [0.15, 0.2) is 0 Å². The Morgan fingerprint density at radius 2 is 1.57 bits per heavy atom. The van der Waals surface area contributed by atoms with Crippen molar-refractivity contribution in [2.24, 2.45) is 0 Å². The number of aryl methyl sites for hydroxylation is 4. The minimum Gasteiger partial charge on any atom is -0.348 e. The van der Waals surface area contributed by atoms with Crippen LogP contribution in [0.2, 0.25) is 0 Å². The molecule has 0 radical (unpaired) electrons. The topological polar surface area (TPSA) is 66.5 Å². The predicted octanol–water partition coefficient (Wildman–Crippen LogP) is 3.81. The van der Waals surface area contributed by atoms with E-state index >= 15 is 0 Å². The molecule has 152 valence electrons. The zero-order valence-electron chi connectivity index (χ0n) is 17.5. The van der Waals surface area contributed by atoms with Crippen molar-refractivity contribution in [3.63, 3.8) is 0 Å². The van der Waals surface area contributed by atoms with Crippen LogP contribution in [0.4, 0.5) is 0 Å². The van der Waals surface area contributed by atoms with Crippen LogP contribution in [0, 0.1) is 27.7 Å². The number of hydrogen-bond donors (Lipinski definition) is 1. The molecule has 1 N–H and O–H groups in total. The van der Waals surface area contributed by atoms with E-state index < -0.39 is 10.0 Å². The highest BCUT2D eigenvalue weighted by Crippen LogP contribution is 2.22. The third-order valence-corrected chi connectivity index (χ3v) is 6.99. The zero-order valence-corrected chi connectivity index (χ0v) is 18.4. The third kappa shape index (κ3) is 5.00. The van der Waals surface area contributed by atoms with E-state index in [-0.39, 0.29) is 29.9 Å². The van der Waals surface area contributed by atoms with Crippen molar-refractivity contribution in [3.05, 3.63) is 64.2 Å². The standard InChI is InChI=1S/C22H30N2O3S/c1-7-24(28(26,27)20-10-8-15(2)9-11-20)14-22(25)23-19(6)21-13-17(4)16(3)12-18(21)5/h8-13,19H,7,14H2,1-6H3,(H,23,25)/t19-/m0/s1. The van der Waals surface area contributed by atoms with Gasteiger partial charge in [0.05, 0.1) is 17.5 Å². The van der Waals surface area contributed by atoms with Gasteiger partial charge in [0.1, 0.15) is 0 Å². The van der Waals surface area contributed by atoms with Gasteiger partial charge in [0.25, 0.3) is 0 Å². The van der Waals surface area contributed by atoms with E-state index in [1.54, 1.807) is 31.2 Å². The van der Waals surface area contributed by atoms with Gasteiger partial charge in [-0.25, -0.2) is 8.42 Å². The molecule has 0 aliphatic heterocycles. The number of carbonyl (C=O) groups excluding carboxylic acids is 1. The lowest BCUT2D eigenvalue weighted by Gasteiger charge is -2.23. The Balaban J connectivity index is 2.14. The summed E-state index contributed by atoms with van der Waals surface area (Å²) in [4.78, 5) is 12.8. The van der Waals surface area contributed by atoms with Crippen LogP contribution in [0.1, 0.15) is 47.7 Å². The van der Waals surface area contributed by atoms with Crippen molar-refractivity contribution < 1.29 is 13.2 Å². The molecule has 2 aromatic carbocycles. The average Bonchev–Trinajstić information content (AvgIpc) is 2.62. The van der Waals surface area contributed by atoms with Gasteiger partial charge in [0, 0.05) is 6.54 Å². The second-order valence-electron chi connectivity index (χ2n) is 7.33. The summed E-state index contributed by atoms with van der Waals surface area (Å²) in [6.07, 6.45) is 0. The van der Waals surface area contributed by atoms with Crippen molar-refractivity contribution in [1.29, 1.82) is 0 Å². The maximum Gasteiger partial charge on any atom is 0.243 e. The second-order valence-corrected chi connectivity index (χ2v) is 9.26. The van der Waals surface area contributed by atoms with Gasteiger partial charge in [-0.3, -0.25) is 4.79 Å². The fraction of sp³-hybridized carbons (Fsp3) is 0.409. The highest BCUT2D eigenvalue weighted by Gasteiger charge is 2.26. The monoisotopic (exact) mass is 402 g/mol. The van der Waals surface area contributed by atoms with Gasteiger partial charge in [-0.05, 0) is 69.0 Å². The van der Waals surface area contributed by atoms with Crippen LogP contribution in [0.5, 0.6) is 0 Å². The first kappa shape index (κ1) is 22.1. The Morgan fingerprint density at radius 3 is 2.14 bits per heavy atom. The van der Waals surface area contributed by atoms with Crippen molar-refractivity contribution in [3.8, 4) is 0 Å². The number of likely N-dealkylation sites (N-methyl/N-ethyl adjacent to an activating group) is 1. The summed E-state index contributed by atoms with van der Waals surface area (Å²) >= 11 is 0.